The molecule has 3 aliphatic rings. The van der Waals surface area contributed by atoms with E-state index in [1.807, 2.05) is 0 Å². The van der Waals surface area contributed by atoms with Crippen molar-refractivity contribution in [2.24, 2.45) is 0 Å². The normalized spacial score (nSPS) is 21.9. The lowest BCUT2D eigenvalue weighted by Gasteiger charge is -1.82. The second-order valence-electron chi connectivity index (χ2n) is 3.36. The number of ether oxygens (including phenoxy) is 4. The van der Waals surface area contributed by atoms with Gasteiger partial charge in [-0.25, -0.2) is 0 Å². The highest BCUT2D eigenvalue weighted by Crippen LogP contribution is 1.98. The molecule has 0 amide bonds. The van der Waals surface area contributed by atoms with Gasteiger partial charge in [-0.05, 0) is 25.7 Å². The summed E-state index contributed by atoms with van der Waals surface area (Å²) in [5, 5.41) is 0. The molecule has 0 saturated carbocycles. The van der Waals surface area contributed by atoms with Gasteiger partial charge in [-0.15, -0.1) is 0 Å². The van der Waals surface area contributed by atoms with E-state index in [0.29, 0.717) is 6.79 Å². The van der Waals surface area contributed by atoms with E-state index in [4.69, 9.17) is 9.47 Å². The van der Waals surface area contributed by atoms with E-state index in [1.54, 1.807) is 0 Å². The molecule has 0 aromatic carbocycles. The van der Waals surface area contributed by atoms with Gasteiger partial charge in [0.05, 0.1) is 0 Å². The van der Waals surface area contributed by atoms with Gasteiger partial charge in [0.2, 0.25) is 6.79 Å². The number of rotatable bonds is 0. The summed E-state index contributed by atoms with van der Waals surface area (Å²) < 4.78 is 19.0. The summed E-state index contributed by atoms with van der Waals surface area (Å²) in [7, 11) is 0. The van der Waals surface area contributed by atoms with Gasteiger partial charge < -0.3 is 18.9 Å². The van der Waals surface area contributed by atoms with Crippen LogP contribution in [0.1, 0.15) is 25.7 Å². The van der Waals surface area contributed by atoms with Crippen LogP contribution >= 0.6 is 0 Å². The third-order valence-corrected chi connectivity index (χ3v) is 2.04. The average Bonchev–Trinajstić information content (AvgIpc) is 3.09. The molecule has 4 nitrogen and oxygen atoms in total. The first-order chi connectivity index (χ1) is 7.50. The van der Waals surface area contributed by atoms with Gasteiger partial charge in [0.15, 0.2) is 0 Å². The predicted octanol–water partition coefficient (Wildman–Crippen LogP) is 2.06. The Morgan fingerprint density at radius 2 is 1.00 bits per heavy atom. The maximum Gasteiger partial charge on any atom is 0.229 e. The van der Waals surface area contributed by atoms with Crippen molar-refractivity contribution in [3.63, 3.8) is 0 Å². The summed E-state index contributed by atoms with van der Waals surface area (Å²) in [5.74, 6) is 0. The molecule has 88 valence electrons. The van der Waals surface area contributed by atoms with Gasteiger partial charge in [-0.2, -0.15) is 0 Å². The molecule has 0 aliphatic carbocycles. The molecule has 4 heteroatoms. The summed E-state index contributed by atoms with van der Waals surface area (Å²) in [6.45, 7) is 4.39. The quantitative estimate of drug-likeness (QED) is 0.621. The van der Waals surface area contributed by atoms with Crippen molar-refractivity contribution in [2.45, 2.75) is 25.7 Å². The lowest BCUT2D eigenvalue weighted by atomic mass is 10.4. The first kappa shape index (κ1) is 12.3. The highest BCUT2D eigenvalue weighted by Gasteiger charge is 1.95. The molecule has 0 atom stereocenters. The second-order valence-corrected chi connectivity index (χ2v) is 3.36. The molecule has 2 saturated heterocycles. The standard InChI is InChI=1S/2C4H8O.C3H4O2/c2*1-2-4-5-3-1;1-2-5-3-4-1/h2*1-4H2;1-2H,3H2. The van der Waals surface area contributed by atoms with Crippen LogP contribution < -0.4 is 0 Å². The van der Waals surface area contributed by atoms with Crippen LogP contribution in [0.4, 0.5) is 0 Å². The van der Waals surface area contributed by atoms with Crippen molar-refractivity contribution in [2.75, 3.05) is 33.2 Å². The van der Waals surface area contributed by atoms with Crippen LogP contribution in [0, 0.1) is 0 Å². The molecular formula is C11H20O4. The number of hydrogen-bond donors (Lipinski definition) is 0. The van der Waals surface area contributed by atoms with Gasteiger partial charge >= 0.3 is 0 Å². The van der Waals surface area contributed by atoms with Crippen molar-refractivity contribution in [3.05, 3.63) is 12.5 Å². The molecule has 0 aromatic rings. The van der Waals surface area contributed by atoms with E-state index in [2.05, 4.69) is 9.47 Å². The van der Waals surface area contributed by atoms with E-state index >= 15 is 0 Å². The van der Waals surface area contributed by atoms with Crippen molar-refractivity contribution in [1.82, 2.24) is 0 Å². The van der Waals surface area contributed by atoms with Gasteiger partial charge in [0.25, 0.3) is 0 Å². The zero-order valence-electron chi connectivity index (χ0n) is 9.15. The molecule has 0 aromatic heterocycles. The fourth-order valence-corrected chi connectivity index (χ4v) is 1.22. The van der Waals surface area contributed by atoms with Crippen molar-refractivity contribution in [1.29, 1.82) is 0 Å². The lowest BCUT2D eigenvalue weighted by molar-refractivity contribution is 0.0920. The van der Waals surface area contributed by atoms with Gasteiger partial charge in [0.1, 0.15) is 12.5 Å². The Bertz CT molecular complexity index is 119. The average molecular weight is 216 g/mol. The second kappa shape index (κ2) is 9.80. The Kier molecular flexibility index (Phi) is 8.06. The molecule has 15 heavy (non-hydrogen) atoms. The molecule has 0 bridgehead atoms. The van der Waals surface area contributed by atoms with Crippen molar-refractivity contribution < 1.29 is 18.9 Å². The van der Waals surface area contributed by atoms with Crippen molar-refractivity contribution >= 4 is 0 Å². The highest BCUT2D eigenvalue weighted by molar-refractivity contribution is 4.63. The minimum atomic E-state index is 0.389. The summed E-state index contributed by atoms with van der Waals surface area (Å²) in [5.41, 5.74) is 0. The Morgan fingerprint density at radius 3 is 1.13 bits per heavy atom. The molecular weight excluding hydrogens is 196 g/mol. The molecule has 3 aliphatic heterocycles. The fraction of sp³-hybridized carbons (Fsp3) is 0.818. The Labute approximate surface area is 91.1 Å². The third kappa shape index (κ3) is 8.27. The largest absolute Gasteiger partial charge is 0.462 e. The Balaban J connectivity index is 0.000000112. The van der Waals surface area contributed by atoms with E-state index in [9.17, 15) is 0 Å². The SMILES string of the molecule is C1=COCO1.C1CCOC1.C1CCOC1. The molecule has 0 spiro atoms. The predicted molar refractivity (Wildman–Crippen MR) is 56.3 cm³/mol. The third-order valence-electron chi connectivity index (χ3n) is 2.04. The van der Waals surface area contributed by atoms with Crippen molar-refractivity contribution in [3.8, 4) is 0 Å². The van der Waals surface area contributed by atoms with E-state index in [1.165, 1.54) is 38.2 Å². The van der Waals surface area contributed by atoms with Crippen LogP contribution in [-0.2, 0) is 18.9 Å². The first-order valence-corrected chi connectivity index (χ1v) is 5.54. The minimum Gasteiger partial charge on any atom is -0.462 e. The van der Waals surface area contributed by atoms with Gasteiger partial charge in [0, 0.05) is 26.4 Å². The fourth-order valence-electron chi connectivity index (χ4n) is 1.22. The molecule has 3 rings (SSSR count). The van der Waals surface area contributed by atoms with Crippen LogP contribution in [-0.4, -0.2) is 33.2 Å². The molecule has 0 N–H and O–H groups in total. The van der Waals surface area contributed by atoms with Crippen LogP contribution in [0.3, 0.4) is 0 Å². The zero-order valence-corrected chi connectivity index (χ0v) is 9.15. The minimum absolute atomic E-state index is 0.389. The summed E-state index contributed by atoms with van der Waals surface area (Å²) in [6.07, 6.45) is 8.14. The maximum absolute atomic E-state index is 4.94. The monoisotopic (exact) mass is 216 g/mol. The molecule has 2 fully saturated rings. The van der Waals surface area contributed by atoms with Crippen LogP contribution in [0.25, 0.3) is 0 Å². The molecule has 0 radical (unpaired) electrons. The summed E-state index contributed by atoms with van der Waals surface area (Å²) >= 11 is 0. The van der Waals surface area contributed by atoms with E-state index < -0.39 is 0 Å². The molecule has 0 unspecified atom stereocenters. The topological polar surface area (TPSA) is 36.9 Å². The molecule has 3 heterocycles. The van der Waals surface area contributed by atoms with Crippen LogP contribution in [0.15, 0.2) is 12.5 Å². The lowest BCUT2D eigenvalue weighted by Crippen LogP contribution is -1.75. The summed E-state index contributed by atoms with van der Waals surface area (Å²) in [6, 6.07) is 0. The zero-order chi connectivity index (χ0) is 10.6. The van der Waals surface area contributed by atoms with Crippen LogP contribution in [0.2, 0.25) is 0 Å². The summed E-state index contributed by atoms with van der Waals surface area (Å²) in [4.78, 5) is 0. The highest BCUT2D eigenvalue weighted by atomic mass is 16.7. The van der Waals surface area contributed by atoms with E-state index in [0.717, 1.165) is 26.4 Å². The van der Waals surface area contributed by atoms with E-state index in [-0.39, 0.29) is 0 Å². The Morgan fingerprint density at radius 1 is 0.600 bits per heavy atom. The first-order valence-electron chi connectivity index (χ1n) is 5.54. The number of hydrogen-bond acceptors (Lipinski definition) is 4. The Hall–Kier alpha value is -0.740. The smallest absolute Gasteiger partial charge is 0.229 e. The van der Waals surface area contributed by atoms with Crippen LogP contribution in [0.5, 0.6) is 0 Å². The maximum atomic E-state index is 4.94. The van der Waals surface area contributed by atoms with Gasteiger partial charge in [-0.3, -0.25) is 0 Å². The van der Waals surface area contributed by atoms with Gasteiger partial charge in [-0.1, -0.05) is 0 Å².